The van der Waals surface area contributed by atoms with Crippen LogP contribution in [0.4, 0.5) is 5.69 Å². The molecule has 7 nitrogen and oxygen atoms in total. The lowest BCUT2D eigenvalue weighted by Gasteiger charge is -2.33. The van der Waals surface area contributed by atoms with Crippen molar-refractivity contribution in [2.24, 2.45) is 0 Å². The van der Waals surface area contributed by atoms with Gasteiger partial charge in [-0.2, -0.15) is 0 Å². The molecule has 3 aromatic rings. The molecule has 38 heavy (non-hydrogen) atoms. The van der Waals surface area contributed by atoms with E-state index in [2.05, 4.69) is 21.2 Å². The van der Waals surface area contributed by atoms with Crippen molar-refractivity contribution in [1.29, 1.82) is 0 Å². The zero-order valence-corrected chi connectivity index (χ0v) is 24.5. The van der Waals surface area contributed by atoms with Gasteiger partial charge >= 0.3 is 0 Å². The number of halogens is 2. The van der Waals surface area contributed by atoms with Crippen LogP contribution in [0.3, 0.4) is 0 Å². The molecule has 0 bridgehead atoms. The van der Waals surface area contributed by atoms with Gasteiger partial charge in [-0.15, -0.1) is 0 Å². The largest absolute Gasteiger partial charge is 0.354 e. The summed E-state index contributed by atoms with van der Waals surface area (Å²) in [5.41, 5.74) is 0.983. The molecule has 0 aromatic heterocycles. The van der Waals surface area contributed by atoms with E-state index in [0.29, 0.717) is 29.2 Å². The number of nitrogens with one attached hydrogen (secondary N) is 1. The average molecular weight is 621 g/mol. The zero-order chi connectivity index (χ0) is 27.7. The standard InChI is InChI=1S/C28H31BrClN3O4S/c1-3-18-31-28(35)26(4-2)32(19-21-10-8-9-13-25(21)30)27(34)20-33(23-16-14-22(29)15-17-23)38(36,37)24-11-6-5-7-12-24/h5-17,26H,3-4,18-20H2,1-2H3,(H,31,35)/t26-/m0/s1. The van der Waals surface area contributed by atoms with Gasteiger partial charge < -0.3 is 10.2 Å². The van der Waals surface area contributed by atoms with Crippen LogP contribution in [0, 0.1) is 0 Å². The van der Waals surface area contributed by atoms with Crippen molar-refractivity contribution in [3.8, 4) is 0 Å². The van der Waals surface area contributed by atoms with E-state index in [1.165, 1.54) is 17.0 Å². The van der Waals surface area contributed by atoms with Gasteiger partial charge in [-0.25, -0.2) is 8.42 Å². The summed E-state index contributed by atoms with van der Waals surface area (Å²) < 4.78 is 29.3. The summed E-state index contributed by atoms with van der Waals surface area (Å²) in [4.78, 5) is 28.5. The van der Waals surface area contributed by atoms with Crippen LogP contribution >= 0.6 is 27.5 Å². The number of rotatable bonds is 12. The third-order valence-corrected chi connectivity index (χ3v) is 8.64. The Kier molecular flexibility index (Phi) is 10.8. The van der Waals surface area contributed by atoms with Gasteiger partial charge in [0.25, 0.3) is 10.0 Å². The van der Waals surface area contributed by atoms with E-state index in [0.717, 1.165) is 15.2 Å². The number of hydrogen-bond donors (Lipinski definition) is 1. The lowest BCUT2D eigenvalue weighted by Crippen LogP contribution is -2.52. The molecule has 0 heterocycles. The highest BCUT2D eigenvalue weighted by Gasteiger charge is 2.33. The molecule has 2 amide bonds. The molecule has 0 spiro atoms. The molecule has 202 valence electrons. The van der Waals surface area contributed by atoms with Crippen molar-refractivity contribution in [1.82, 2.24) is 10.2 Å². The number of carbonyl (C=O) groups excluding carboxylic acids is 2. The highest BCUT2D eigenvalue weighted by molar-refractivity contribution is 9.10. The zero-order valence-electron chi connectivity index (χ0n) is 21.3. The van der Waals surface area contributed by atoms with Crippen molar-refractivity contribution in [3.05, 3.63) is 93.9 Å². The molecule has 1 atom stereocenters. The van der Waals surface area contributed by atoms with Crippen LogP contribution < -0.4 is 9.62 Å². The summed E-state index contributed by atoms with van der Waals surface area (Å²) in [6.07, 6.45) is 1.09. The second kappa shape index (κ2) is 13.8. The molecule has 0 aliphatic carbocycles. The van der Waals surface area contributed by atoms with Crippen LogP contribution in [0.2, 0.25) is 5.02 Å². The van der Waals surface area contributed by atoms with Crippen LogP contribution in [-0.2, 0) is 26.2 Å². The predicted octanol–water partition coefficient (Wildman–Crippen LogP) is 5.63. The van der Waals surface area contributed by atoms with Gasteiger partial charge in [0.15, 0.2) is 0 Å². The molecule has 10 heteroatoms. The molecule has 0 fully saturated rings. The molecule has 0 saturated heterocycles. The highest BCUT2D eigenvalue weighted by atomic mass is 79.9. The average Bonchev–Trinajstić information content (AvgIpc) is 2.92. The first-order chi connectivity index (χ1) is 18.2. The maximum absolute atomic E-state index is 14.0. The van der Waals surface area contributed by atoms with Crippen LogP contribution in [0.5, 0.6) is 0 Å². The Labute approximate surface area is 238 Å². The molecule has 1 N–H and O–H groups in total. The summed E-state index contributed by atoms with van der Waals surface area (Å²) in [6.45, 7) is 3.78. The van der Waals surface area contributed by atoms with E-state index in [-0.39, 0.29) is 17.3 Å². The number of nitrogens with zero attached hydrogens (tertiary/aromatic N) is 2. The summed E-state index contributed by atoms with van der Waals surface area (Å²) in [5, 5.41) is 3.32. The smallest absolute Gasteiger partial charge is 0.264 e. The van der Waals surface area contributed by atoms with E-state index in [4.69, 9.17) is 11.6 Å². The number of anilines is 1. The van der Waals surface area contributed by atoms with Crippen LogP contribution in [0.25, 0.3) is 0 Å². The highest BCUT2D eigenvalue weighted by Crippen LogP contribution is 2.27. The SMILES string of the molecule is CCCNC(=O)[C@H](CC)N(Cc1ccccc1Cl)C(=O)CN(c1ccc(Br)cc1)S(=O)(=O)c1ccccc1. The van der Waals surface area contributed by atoms with Gasteiger partial charge in [-0.05, 0) is 60.9 Å². The first-order valence-corrected chi connectivity index (χ1v) is 14.9. The molecule has 0 aliphatic rings. The second-order valence-corrected chi connectivity index (χ2v) is 11.8. The molecule has 3 aromatic carbocycles. The van der Waals surface area contributed by atoms with Crippen molar-refractivity contribution in [2.45, 2.75) is 44.2 Å². The normalized spacial score (nSPS) is 12.0. The van der Waals surface area contributed by atoms with E-state index < -0.39 is 28.5 Å². The van der Waals surface area contributed by atoms with Crippen LogP contribution in [-0.4, -0.2) is 44.3 Å². The fourth-order valence-electron chi connectivity index (χ4n) is 3.95. The molecular weight excluding hydrogens is 590 g/mol. The minimum atomic E-state index is -4.10. The second-order valence-electron chi connectivity index (χ2n) is 8.63. The summed E-state index contributed by atoms with van der Waals surface area (Å²) in [6, 6.07) is 20.9. The van der Waals surface area contributed by atoms with E-state index >= 15 is 0 Å². The summed E-state index contributed by atoms with van der Waals surface area (Å²) in [7, 11) is -4.10. The van der Waals surface area contributed by atoms with Crippen molar-refractivity contribution < 1.29 is 18.0 Å². The number of benzene rings is 3. The Balaban J connectivity index is 2.04. The molecule has 0 radical (unpaired) electrons. The quantitative estimate of drug-likeness (QED) is 0.284. The first-order valence-electron chi connectivity index (χ1n) is 12.3. The number of amides is 2. The van der Waals surface area contributed by atoms with Crippen LogP contribution in [0.1, 0.15) is 32.3 Å². The van der Waals surface area contributed by atoms with Gasteiger partial charge in [0.1, 0.15) is 12.6 Å². The van der Waals surface area contributed by atoms with E-state index in [9.17, 15) is 18.0 Å². The topological polar surface area (TPSA) is 86.8 Å². The molecule has 3 rings (SSSR count). The van der Waals surface area contributed by atoms with Gasteiger partial charge in [-0.1, -0.05) is 77.8 Å². The number of carbonyl (C=O) groups is 2. The predicted molar refractivity (Wildman–Crippen MR) is 154 cm³/mol. The van der Waals surface area contributed by atoms with Gasteiger partial charge in [-0.3, -0.25) is 13.9 Å². The first kappa shape index (κ1) is 29.7. The number of hydrogen-bond acceptors (Lipinski definition) is 4. The fourth-order valence-corrected chi connectivity index (χ4v) is 5.85. The molecule has 0 aliphatic heterocycles. The summed E-state index contributed by atoms with van der Waals surface area (Å²) in [5.74, 6) is -0.818. The maximum atomic E-state index is 14.0. The Morgan fingerprint density at radius 3 is 2.18 bits per heavy atom. The van der Waals surface area contributed by atoms with Gasteiger partial charge in [0, 0.05) is 22.6 Å². The Hall–Kier alpha value is -2.88. The monoisotopic (exact) mass is 619 g/mol. The van der Waals surface area contributed by atoms with Crippen molar-refractivity contribution >= 4 is 55.1 Å². The van der Waals surface area contributed by atoms with Gasteiger partial charge in [0.05, 0.1) is 10.6 Å². The minimum absolute atomic E-state index is 0.0517. The maximum Gasteiger partial charge on any atom is 0.264 e. The molecular formula is C28H31BrClN3O4S. The third kappa shape index (κ3) is 7.36. The van der Waals surface area contributed by atoms with Crippen molar-refractivity contribution in [3.63, 3.8) is 0 Å². The Morgan fingerprint density at radius 2 is 1.58 bits per heavy atom. The minimum Gasteiger partial charge on any atom is -0.354 e. The number of sulfonamides is 1. The third-order valence-electron chi connectivity index (χ3n) is 5.96. The van der Waals surface area contributed by atoms with Gasteiger partial charge in [0.2, 0.25) is 11.8 Å². The van der Waals surface area contributed by atoms with E-state index in [1.54, 1.807) is 66.7 Å². The summed E-state index contributed by atoms with van der Waals surface area (Å²) >= 11 is 9.78. The molecule has 0 saturated carbocycles. The van der Waals surface area contributed by atoms with E-state index in [1.807, 2.05) is 13.8 Å². The van der Waals surface area contributed by atoms with Crippen molar-refractivity contribution in [2.75, 3.05) is 17.4 Å². The lowest BCUT2D eigenvalue weighted by molar-refractivity contribution is -0.140. The lowest BCUT2D eigenvalue weighted by atomic mass is 10.1. The molecule has 0 unspecified atom stereocenters. The fraction of sp³-hybridized carbons (Fsp3) is 0.286. The van der Waals surface area contributed by atoms with Crippen LogP contribution in [0.15, 0.2) is 88.2 Å². The Morgan fingerprint density at radius 1 is 0.947 bits per heavy atom. The Bertz CT molecular complexity index is 1340.